The second-order valence-electron chi connectivity index (χ2n) is 7.89. The lowest BCUT2D eigenvalue weighted by molar-refractivity contribution is 0.554. The summed E-state index contributed by atoms with van der Waals surface area (Å²) in [4.78, 5) is 7.85. The third-order valence-corrected chi connectivity index (χ3v) is 4.82. The van der Waals surface area contributed by atoms with Gasteiger partial charge in [0.25, 0.3) is 0 Å². The van der Waals surface area contributed by atoms with Gasteiger partial charge in [0, 0.05) is 37.2 Å². The van der Waals surface area contributed by atoms with Crippen molar-refractivity contribution in [2.45, 2.75) is 52.5 Å². The van der Waals surface area contributed by atoms with Crippen molar-refractivity contribution >= 4 is 17.1 Å². The lowest BCUT2D eigenvalue weighted by Gasteiger charge is -2.05. The Hall–Kier alpha value is -3.58. The predicted molar refractivity (Wildman–Crippen MR) is 152 cm³/mol. The lowest BCUT2D eigenvalue weighted by atomic mass is 10.1. The molecule has 0 aliphatic rings. The summed E-state index contributed by atoms with van der Waals surface area (Å²) in [6.45, 7) is 15.9. The minimum absolute atomic E-state index is 0.440. The molecule has 0 radical (unpaired) electrons. The maximum absolute atomic E-state index is 13.0. The Morgan fingerprint density at radius 1 is 0.917 bits per heavy atom. The van der Waals surface area contributed by atoms with Gasteiger partial charge in [-0.1, -0.05) is 45.4 Å². The number of hydrogen-bond acceptors (Lipinski definition) is 5. The molecule has 1 aromatic heterocycles. The number of nitrogens with two attached hydrogens (primary N) is 2. The van der Waals surface area contributed by atoms with E-state index in [0.717, 1.165) is 22.9 Å². The van der Waals surface area contributed by atoms with Crippen LogP contribution in [0.15, 0.2) is 74.6 Å². The number of nitrogens with one attached hydrogen (secondary N) is 1. The summed E-state index contributed by atoms with van der Waals surface area (Å²) in [5.41, 5.74) is 15.0. The Kier molecular flexibility index (Phi) is 16.9. The van der Waals surface area contributed by atoms with Crippen molar-refractivity contribution < 1.29 is 8.78 Å². The zero-order valence-electron chi connectivity index (χ0n) is 22.0. The number of anilines is 2. The highest BCUT2D eigenvalue weighted by Gasteiger charge is 2.03. The smallest absolute Gasteiger partial charge is 0.149 e. The van der Waals surface area contributed by atoms with Crippen LogP contribution >= 0.6 is 0 Å². The van der Waals surface area contributed by atoms with E-state index in [1.54, 1.807) is 12.4 Å². The van der Waals surface area contributed by atoms with E-state index in [1.165, 1.54) is 37.8 Å². The molecule has 5 N–H and O–H groups in total. The van der Waals surface area contributed by atoms with Crippen LogP contribution in [0.2, 0.25) is 0 Å². The van der Waals surface area contributed by atoms with Gasteiger partial charge in [0.15, 0.2) is 0 Å². The van der Waals surface area contributed by atoms with Crippen molar-refractivity contribution in [1.82, 2.24) is 9.97 Å². The summed E-state index contributed by atoms with van der Waals surface area (Å²) in [6, 6.07) is 11.3. The molecule has 0 spiro atoms. The van der Waals surface area contributed by atoms with E-state index in [1.807, 2.05) is 38.2 Å². The van der Waals surface area contributed by atoms with E-state index in [9.17, 15) is 8.78 Å². The minimum Gasteiger partial charge on any atom is -0.388 e. The first kappa shape index (κ1) is 32.4. The number of benzene rings is 2. The van der Waals surface area contributed by atoms with Gasteiger partial charge in [-0.25, -0.2) is 13.8 Å². The molecule has 7 heteroatoms. The zero-order chi connectivity index (χ0) is 27.5. The van der Waals surface area contributed by atoms with Gasteiger partial charge in [0.05, 0.1) is 0 Å². The highest BCUT2D eigenvalue weighted by Crippen LogP contribution is 2.23. The van der Waals surface area contributed by atoms with E-state index in [2.05, 4.69) is 48.9 Å². The van der Waals surface area contributed by atoms with Crippen LogP contribution in [0.5, 0.6) is 0 Å². The lowest BCUT2D eigenvalue weighted by Crippen LogP contribution is -2.18. The van der Waals surface area contributed by atoms with E-state index in [4.69, 9.17) is 11.5 Å². The van der Waals surface area contributed by atoms with E-state index >= 15 is 0 Å². The highest BCUT2D eigenvalue weighted by atomic mass is 19.1. The van der Waals surface area contributed by atoms with E-state index in [-0.39, 0.29) is 0 Å². The molecule has 36 heavy (non-hydrogen) atoms. The Bertz CT molecular complexity index is 996. The van der Waals surface area contributed by atoms with Gasteiger partial charge in [0.2, 0.25) is 0 Å². The average Bonchev–Trinajstić information content (AvgIpc) is 2.86. The SMILES string of the molecule is C=C.C=C(C)c1nccnc1N.CCCC(N)CCC.CNc1ccc(-c2cc(F)cc(F)c2)cc1. The molecule has 0 aliphatic heterocycles. The Balaban J connectivity index is 0.000000530. The van der Waals surface area contributed by atoms with Crippen LogP contribution in [0.25, 0.3) is 16.7 Å². The number of rotatable bonds is 7. The van der Waals surface area contributed by atoms with Gasteiger partial charge in [0.1, 0.15) is 23.1 Å². The first-order valence-corrected chi connectivity index (χ1v) is 11.9. The minimum atomic E-state index is -0.562. The third-order valence-electron chi connectivity index (χ3n) is 4.82. The van der Waals surface area contributed by atoms with E-state index < -0.39 is 11.6 Å². The van der Waals surface area contributed by atoms with Gasteiger partial charge in [-0.2, -0.15) is 0 Å². The topological polar surface area (TPSA) is 89.8 Å². The first-order valence-electron chi connectivity index (χ1n) is 11.9. The van der Waals surface area contributed by atoms with Crippen LogP contribution in [-0.4, -0.2) is 23.1 Å². The Morgan fingerprint density at radius 3 is 1.81 bits per heavy atom. The molecule has 0 amide bonds. The Labute approximate surface area is 215 Å². The summed E-state index contributed by atoms with van der Waals surface area (Å²) in [6.07, 6.45) is 7.98. The fourth-order valence-electron chi connectivity index (χ4n) is 3.11. The van der Waals surface area contributed by atoms with Crippen molar-refractivity contribution in [2.75, 3.05) is 18.1 Å². The number of aromatic nitrogens is 2. The zero-order valence-corrected chi connectivity index (χ0v) is 22.0. The van der Waals surface area contributed by atoms with Gasteiger partial charge >= 0.3 is 0 Å². The fraction of sp³-hybridized carbons (Fsp3) is 0.310. The summed E-state index contributed by atoms with van der Waals surface area (Å²) >= 11 is 0. The van der Waals surface area contributed by atoms with Crippen LogP contribution in [0.3, 0.4) is 0 Å². The fourth-order valence-corrected chi connectivity index (χ4v) is 3.11. The molecule has 0 saturated carbocycles. The van der Waals surface area contributed by atoms with Gasteiger partial charge in [-0.3, -0.25) is 4.98 Å². The van der Waals surface area contributed by atoms with Crippen LogP contribution in [0.4, 0.5) is 20.3 Å². The molecule has 0 bridgehead atoms. The van der Waals surface area contributed by atoms with Crippen LogP contribution in [0, 0.1) is 11.6 Å². The molecule has 0 aliphatic carbocycles. The third kappa shape index (κ3) is 12.8. The maximum Gasteiger partial charge on any atom is 0.149 e. The molecule has 0 saturated heterocycles. The second-order valence-corrected chi connectivity index (χ2v) is 7.89. The average molecular weight is 498 g/mol. The van der Waals surface area contributed by atoms with Crippen molar-refractivity contribution in [1.29, 1.82) is 0 Å². The molecule has 0 unspecified atom stereocenters. The van der Waals surface area contributed by atoms with Crippen molar-refractivity contribution in [2.24, 2.45) is 5.73 Å². The molecule has 196 valence electrons. The summed E-state index contributed by atoms with van der Waals surface area (Å²) in [5.74, 6) is -0.685. The summed E-state index contributed by atoms with van der Waals surface area (Å²) in [7, 11) is 1.82. The first-order chi connectivity index (χ1) is 17.2. The van der Waals surface area contributed by atoms with Crippen molar-refractivity contribution in [3.63, 3.8) is 0 Å². The van der Waals surface area contributed by atoms with E-state index in [0.29, 0.717) is 23.1 Å². The Morgan fingerprint density at radius 2 is 1.42 bits per heavy atom. The number of halogens is 2. The van der Waals surface area contributed by atoms with Gasteiger partial charge < -0.3 is 16.8 Å². The number of hydrogen-bond donors (Lipinski definition) is 3. The largest absolute Gasteiger partial charge is 0.388 e. The van der Waals surface area contributed by atoms with Gasteiger partial charge in [-0.15, -0.1) is 13.2 Å². The molecular weight excluding hydrogens is 456 g/mol. The number of nitrogen functional groups attached to an aromatic ring is 1. The van der Waals surface area contributed by atoms with Crippen molar-refractivity contribution in [3.8, 4) is 11.1 Å². The molecule has 0 fully saturated rings. The van der Waals surface area contributed by atoms with Crippen LogP contribution in [0.1, 0.15) is 52.1 Å². The standard InChI is InChI=1S/C13H11F2N.C7H9N3.C7H17N.C2H4/c1-16-13-4-2-9(3-5-13)10-6-11(14)8-12(15)7-10;1-5(2)6-7(8)10-4-3-9-6;1-3-5-7(8)6-4-2;1-2/h2-8,16H,1H3;3-4H,1H2,2H3,(H2,8,10);7H,3-6,8H2,1-2H3;1-2H2. The molecule has 2 aromatic carbocycles. The maximum atomic E-state index is 13.0. The van der Waals surface area contributed by atoms with Gasteiger partial charge in [-0.05, 0) is 60.7 Å². The quantitative estimate of drug-likeness (QED) is 0.294. The van der Waals surface area contributed by atoms with Crippen LogP contribution < -0.4 is 16.8 Å². The normalized spacial score (nSPS) is 9.56. The molecule has 3 rings (SSSR count). The second kappa shape index (κ2) is 18.7. The molecule has 0 atom stereocenters. The van der Waals surface area contributed by atoms with Crippen LogP contribution in [-0.2, 0) is 0 Å². The van der Waals surface area contributed by atoms with Crippen molar-refractivity contribution in [3.05, 3.63) is 91.9 Å². The number of nitrogens with zero attached hydrogens (tertiary/aromatic N) is 2. The molecule has 1 heterocycles. The molecule has 3 aromatic rings. The molecular formula is C29H41F2N5. The molecule has 5 nitrogen and oxygen atoms in total. The monoisotopic (exact) mass is 497 g/mol. The summed E-state index contributed by atoms with van der Waals surface area (Å²) in [5, 5.41) is 2.98. The summed E-state index contributed by atoms with van der Waals surface area (Å²) < 4.78 is 26.0. The predicted octanol–water partition coefficient (Wildman–Crippen LogP) is 7.48. The highest BCUT2D eigenvalue weighted by molar-refractivity contribution is 5.66. The number of allylic oxidation sites excluding steroid dienone is 1.